The zero-order valence-corrected chi connectivity index (χ0v) is 16.8. The van der Waals surface area contributed by atoms with Gasteiger partial charge in [0, 0.05) is 11.1 Å². The number of ether oxygens (including phenoxy) is 1. The first kappa shape index (κ1) is 19.5. The second-order valence-electron chi connectivity index (χ2n) is 7.22. The molecule has 5 heteroatoms. The first-order valence-corrected chi connectivity index (χ1v) is 9.62. The van der Waals surface area contributed by atoms with Crippen molar-refractivity contribution in [2.24, 2.45) is 0 Å². The number of carbonyl (C=O) groups is 1. The van der Waals surface area contributed by atoms with E-state index in [-0.39, 0.29) is 12.5 Å². The van der Waals surface area contributed by atoms with E-state index >= 15 is 0 Å². The Kier molecular flexibility index (Phi) is 5.35. The van der Waals surface area contributed by atoms with Crippen LogP contribution in [-0.4, -0.2) is 12.5 Å². The molecule has 0 saturated heterocycles. The van der Waals surface area contributed by atoms with Crippen LogP contribution in [0.4, 0.5) is 5.69 Å². The molecule has 1 heterocycles. The van der Waals surface area contributed by atoms with E-state index in [2.05, 4.69) is 5.32 Å². The molecule has 0 spiro atoms. The van der Waals surface area contributed by atoms with Gasteiger partial charge in [-0.15, -0.1) is 0 Å². The van der Waals surface area contributed by atoms with Crippen LogP contribution in [0.15, 0.2) is 82.0 Å². The summed E-state index contributed by atoms with van der Waals surface area (Å²) in [6.07, 6.45) is 0. The van der Waals surface area contributed by atoms with Gasteiger partial charge >= 0.3 is 5.63 Å². The van der Waals surface area contributed by atoms with Gasteiger partial charge in [0.1, 0.15) is 11.3 Å². The summed E-state index contributed by atoms with van der Waals surface area (Å²) in [5, 5.41) is 3.65. The highest BCUT2D eigenvalue weighted by Gasteiger charge is 2.09. The summed E-state index contributed by atoms with van der Waals surface area (Å²) >= 11 is 0. The van der Waals surface area contributed by atoms with Crippen LogP contribution in [-0.2, 0) is 4.79 Å². The first-order valence-electron chi connectivity index (χ1n) is 9.62. The fourth-order valence-corrected chi connectivity index (χ4v) is 3.36. The maximum Gasteiger partial charge on any atom is 0.344 e. The first-order chi connectivity index (χ1) is 14.5. The van der Waals surface area contributed by atoms with Gasteiger partial charge in [-0.3, -0.25) is 4.79 Å². The summed E-state index contributed by atoms with van der Waals surface area (Å²) in [6.45, 7) is 3.88. The Balaban J connectivity index is 1.44. The Morgan fingerprint density at radius 1 is 0.933 bits per heavy atom. The summed E-state index contributed by atoms with van der Waals surface area (Å²) in [7, 11) is 0. The monoisotopic (exact) mass is 399 g/mol. The maximum absolute atomic E-state index is 12.3. The van der Waals surface area contributed by atoms with E-state index in [1.807, 2.05) is 56.3 Å². The minimum absolute atomic E-state index is 0.0844. The van der Waals surface area contributed by atoms with Gasteiger partial charge in [0.05, 0.1) is 5.56 Å². The molecule has 0 aliphatic rings. The zero-order valence-electron chi connectivity index (χ0n) is 16.8. The number of para-hydroxylation sites is 1. The number of amides is 1. The van der Waals surface area contributed by atoms with Crippen LogP contribution in [0.5, 0.6) is 5.75 Å². The largest absolute Gasteiger partial charge is 0.484 e. The summed E-state index contributed by atoms with van der Waals surface area (Å²) in [5.41, 5.74) is 4.14. The average molecular weight is 399 g/mol. The van der Waals surface area contributed by atoms with Crippen LogP contribution >= 0.6 is 0 Å². The Labute approximate surface area is 173 Å². The molecule has 4 rings (SSSR count). The molecule has 3 aromatic carbocycles. The van der Waals surface area contributed by atoms with Gasteiger partial charge in [-0.25, -0.2) is 4.79 Å². The minimum Gasteiger partial charge on any atom is -0.484 e. The van der Waals surface area contributed by atoms with Gasteiger partial charge in [0.25, 0.3) is 5.91 Å². The highest BCUT2D eigenvalue weighted by atomic mass is 16.5. The minimum atomic E-state index is -0.396. The number of benzene rings is 3. The molecule has 4 aromatic rings. The molecule has 150 valence electrons. The number of carbonyl (C=O) groups excluding carboxylic acids is 1. The second-order valence-corrected chi connectivity index (χ2v) is 7.22. The molecular weight excluding hydrogens is 378 g/mol. The molecule has 30 heavy (non-hydrogen) atoms. The summed E-state index contributed by atoms with van der Waals surface area (Å²) in [4.78, 5) is 24.5. The third kappa shape index (κ3) is 4.41. The number of hydrogen-bond acceptors (Lipinski definition) is 4. The predicted octanol–water partition coefficient (Wildman–Crippen LogP) is 5.09. The van der Waals surface area contributed by atoms with Crippen LogP contribution in [0, 0.1) is 13.8 Å². The maximum atomic E-state index is 12.3. The van der Waals surface area contributed by atoms with Crippen molar-refractivity contribution in [2.75, 3.05) is 11.9 Å². The van der Waals surface area contributed by atoms with Crippen LogP contribution in [0.2, 0.25) is 0 Å². The van der Waals surface area contributed by atoms with Gasteiger partial charge < -0.3 is 14.5 Å². The van der Waals surface area contributed by atoms with Crippen LogP contribution in [0.3, 0.4) is 0 Å². The van der Waals surface area contributed by atoms with Crippen molar-refractivity contribution < 1.29 is 13.9 Å². The standard InChI is InChI=1S/C25H21NO4/c1-16-11-17(2)13-21(12-16)29-15-24(27)26-20-9-7-18(8-10-20)22-14-19-5-3-4-6-23(19)30-25(22)28/h3-14H,15H2,1-2H3,(H,26,27). The smallest absolute Gasteiger partial charge is 0.344 e. The van der Waals surface area contributed by atoms with Gasteiger partial charge in [0.2, 0.25) is 0 Å². The molecule has 0 aliphatic heterocycles. The van der Waals surface area contributed by atoms with E-state index < -0.39 is 5.63 Å². The molecule has 1 amide bonds. The van der Waals surface area contributed by atoms with Crippen LogP contribution in [0.25, 0.3) is 22.1 Å². The van der Waals surface area contributed by atoms with Crippen molar-refractivity contribution in [1.29, 1.82) is 0 Å². The molecule has 0 unspecified atom stereocenters. The topological polar surface area (TPSA) is 68.5 Å². The number of nitrogens with one attached hydrogen (secondary N) is 1. The number of aryl methyl sites for hydroxylation is 2. The number of fused-ring (bicyclic) bond motifs is 1. The Hall–Kier alpha value is -3.86. The van der Waals surface area contributed by atoms with E-state index in [1.54, 1.807) is 30.3 Å². The molecule has 5 nitrogen and oxygen atoms in total. The molecular formula is C25H21NO4. The Morgan fingerprint density at radius 2 is 1.63 bits per heavy atom. The van der Waals surface area contributed by atoms with E-state index in [9.17, 15) is 9.59 Å². The third-order valence-corrected chi connectivity index (χ3v) is 4.69. The summed E-state index contributed by atoms with van der Waals surface area (Å²) in [5.74, 6) is 0.410. The quantitative estimate of drug-likeness (QED) is 0.475. The van der Waals surface area contributed by atoms with Crippen molar-refractivity contribution in [3.63, 3.8) is 0 Å². The highest BCUT2D eigenvalue weighted by molar-refractivity contribution is 5.92. The summed E-state index contributed by atoms with van der Waals surface area (Å²) < 4.78 is 11.0. The third-order valence-electron chi connectivity index (χ3n) is 4.69. The molecule has 0 saturated carbocycles. The number of rotatable bonds is 5. The molecule has 0 bridgehead atoms. The van der Waals surface area contributed by atoms with Crippen molar-refractivity contribution >= 4 is 22.6 Å². The van der Waals surface area contributed by atoms with Crippen LogP contribution < -0.4 is 15.7 Å². The predicted molar refractivity (Wildman–Crippen MR) is 118 cm³/mol. The lowest BCUT2D eigenvalue weighted by molar-refractivity contribution is -0.118. The van der Waals surface area contributed by atoms with Crippen molar-refractivity contribution in [3.05, 3.63) is 94.3 Å². The normalized spacial score (nSPS) is 10.7. The summed E-state index contributed by atoms with van der Waals surface area (Å²) in [6, 6.07) is 22.1. The van der Waals surface area contributed by atoms with Gasteiger partial charge in [0.15, 0.2) is 6.61 Å². The van der Waals surface area contributed by atoms with Gasteiger partial charge in [-0.1, -0.05) is 36.4 Å². The van der Waals surface area contributed by atoms with E-state index in [1.165, 1.54) is 0 Å². The van der Waals surface area contributed by atoms with E-state index in [4.69, 9.17) is 9.15 Å². The van der Waals surface area contributed by atoms with Crippen LogP contribution in [0.1, 0.15) is 11.1 Å². The Morgan fingerprint density at radius 3 is 2.37 bits per heavy atom. The average Bonchev–Trinajstić information content (AvgIpc) is 2.72. The lowest BCUT2D eigenvalue weighted by Gasteiger charge is -2.09. The zero-order chi connectivity index (χ0) is 21.1. The lowest BCUT2D eigenvalue weighted by atomic mass is 10.1. The molecule has 1 N–H and O–H groups in total. The highest BCUT2D eigenvalue weighted by Crippen LogP contribution is 2.22. The fourth-order valence-electron chi connectivity index (χ4n) is 3.36. The molecule has 0 radical (unpaired) electrons. The Bertz CT molecular complexity index is 1250. The SMILES string of the molecule is Cc1cc(C)cc(OCC(=O)Nc2ccc(-c3cc4ccccc4oc3=O)cc2)c1. The fraction of sp³-hybridized carbons (Fsp3) is 0.120. The molecule has 1 aromatic heterocycles. The second kappa shape index (κ2) is 8.25. The molecule has 0 fully saturated rings. The van der Waals surface area contributed by atoms with Gasteiger partial charge in [-0.2, -0.15) is 0 Å². The lowest BCUT2D eigenvalue weighted by Crippen LogP contribution is -2.20. The van der Waals surface area contributed by atoms with Gasteiger partial charge in [-0.05, 0) is 66.9 Å². The number of anilines is 1. The van der Waals surface area contributed by atoms with E-state index in [0.717, 1.165) is 22.1 Å². The molecule has 0 atom stereocenters. The number of hydrogen-bond donors (Lipinski definition) is 1. The van der Waals surface area contributed by atoms with Crippen molar-refractivity contribution in [1.82, 2.24) is 0 Å². The van der Waals surface area contributed by atoms with Crippen molar-refractivity contribution in [3.8, 4) is 16.9 Å². The van der Waals surface area contributed by atoms with E-state index in [0.29, 0.717) is 22.6 Å². The van der Waals surface area contributed by atoms with Crippen molar-refractivity contribution in [2.45, 2.75) is 13.8 Å². The molecule has 0 aliphatic carbocycles.